The monoisotopic (exact) mass is 529 g/mol. The molecule has 0 aliphatic heterocycles. The third-order valence-corrected chi connectivity index (χ3v) is 5.66. The number of hydrogen-bond acceptors (Lipinski definition) is 6. The molecular formula is C29H36ClNO6. The van der Waals surface area contributed by atoms with Crippen molar-refractivity contribution in [3.63, 3.8) is 0 Å². The van der Waals surface area contributed by atoms with Crippen LogP contribution in [0.2, 0.25) is 0 Å². The van der Waals surface area contributed by atoms with Gasteiger partial charge in [-0.15, -0.1) is 12.4 Å². The van der Waals surface area contributed by atoms with Crippen LogP contribution in [0.4, 0.5) is 0 Å². The number of carboxylic acids is 1. The second-order valence-corrected chi connectivity index (χ2v) is 8.62. The highest BCUT2D eigenvalue weighted by Gasteiger charge is 2.35. The molecule has 0 amide bonds. The van der Waals surface area contributed by atoms with Gasteiger partial charge in [-0.2, -0.15) is 0 Å². The number of benzene rings is 3. The molecule has 0 aliphatic rings. The van der Waals surface area contributed by atoms with Crippen molar-refractivity contribution in [3.05, 3.63) is 108 Å². The number of aliphatic hydroxyl groups excluding tert-OH is 1. The SMILES string of the molecule is CC(O)C(OCc1ccccc1)C(OCc1ccccc1)C(CNCC(=O)O)OCc1ccccc1.Cl. The van der Waals surface area contributed by atoms with Gasteiger partial charge in [0, 0.05) is 6.54 Å². The van der Waals surface area contributed by atoms with Gasteiger partial charge in [-0.1, -0.05) is 91.0 Å². The maximum absolute atomic E-state index is 11.1. The van der Waals surface area contributed by atoms with E-state index >= 15 is 0 Å². The van der Waals surface area contributed by atoms with Crippen molar-refractivity contribution in [1.82, 2.24) is 5.32 Å². The summed E-state index contributed by atoms with van der Waals surface area (Å²) in [4.78, 5) is 11.1. The second-order valence-electron chi connectivity index (χ2n) is 8.62. The largest absolute Gasteiger partial charge is 0.480 e. The first-order valence-electron chi connectivity index (χ1n) is 12.1. The van der Waals surface area contributed by atoms with E-state index in [4.69, 9.17) is 19.3 Å². The molecule has 3 N–H and O–H groups in total. The van der Waals surface area contributed by atoms with Crippen LogP contribution in [0.25, 0.3) is 0 Å². The van der Waals surface area contributed by atoms with Crippen LogP contribution in [0, 0.1) is 0 Å². The molecule has 3 aromatic carbocycles. The zero-order valence-electron chi connectivity index (χ0n) is 20.9. The molecule has 0 aliphatic carbocycles. The predicted molar refractivity (Wildman–Crippen MR) is 144 cm³/mol. The molecule has 3 aromatic rings. The molecule has 7 nitrogen and oxygen atoms in total. The van der Waals surface area contributed by atoms with Gasteiger partial charge in [0.1, 0.15) is 12.2 Å². The van der Waals surface area contributed by atoms with Crippen LogP contribution < -0.4 is 5.32 Å². The van der Waals surface area contributed by atoms with E-state index < -0.39 is 30.4 Å². The van der Waals surface area contributed by atoms with Crippen molar-refractivity contribution in [1.29, 1.82) is 0 Å². The Bertz CT molecular complexity index is 1010. The number of aliphatic carboxylic acids is 1. The Labute approximate surface area is 224 Å². The van der Waals surface area contributed by atoms with Crippen molar-refractivity contribution >= 4 is 18.4 Å². The van der Waals surface area contributed by atoms with Gasteiger partial charge >= 0.3 is 5.97 Å². The lowest BCUT2D eigenvalue weighted by molar-refractivity contribution is -0.175. The summed E-state index contributed by atoms with van der Waals surface area (Å²) in [5.41, 5.74) is 2.91. The standard InChI is InChI=1S/C29H35NO6.ClH/c1-22(31)28(35-20-24-13-7-3-8-14-24)29(36-21-25-15-9-4-10-16-25)26(17-30-18-27(32)33)34-19-23-11-5-2-6-12-23;/h2-16,22,26,28-31H,17-21H2,1H3,(H,32,33);1H. The van der Waals surface area contributed by atoms with Crippen LogP contribution in [0.3, 0.4) is 0 Å². The fraction of sp³-hybridized carbons (Fsp3) is 0.345. The highest BCUT2D eigenvalue weighted by Crippen LogP contribution is 2.21. The summed E-state index contributed by atoms with van der Waals surface area (Å²) in [7, 11) is 0. The minimum atomic E-state index is -0.967. The van der Waals surface area contributed by atoms with Crippen molar-refractivity contribution in [2.24, 2.45) is 0 Å². The first-order chi connectivity index (χ1) is 17.5. The Morgan fingerprint density at radius 3 is 1.54 bits per heavy atom. The lowest BCUT2D eigenvalue weighted by Crippen LogP contribution is -2.51. The molecule has 4 atom stereocenters. The van der Waals surface area contributed by atoms with E-state index in [2.05, 4.69) is 5.32 Å². The van der Waals surface area contributed by atoms with Crippen molar-refractivity contribution in [2.75, 3.05) is 13.1 Å². The lowest BCUT2D eigenvalue weighted by atomic mass is 10.0. The normalized spacial score (nSPS) is 14.2. The van der Waals surface area contributed by atoms with E-state index in [0.717, 1.165) is 16.7 Å². The fourth-order valence-corrected chi connectivity index (χ4v) is 3.82. The van der Waals surface area contributed by atoms with E-state index in [1.165, 1.54) is 0 Å². The number of carbonyl (C=O) groups is 1. The highest BCUT2D eigenvalue weighted by atomic mass is 35.5. The summed E-state index contributed by atoms with van der Waals surface area (Å²) in [6.07, 6.45) is -2.86. The molecule has 0 saturated carbocycles. The lowest BCUT2D eigenvalue weighted by Gasteiger charge is -2.35. The van der Waals surface area contributed by atoms with E-state index in [1.807, 2.05) is 91.0 Å². The molecule has 0 saturated heterocycles. The summed E-state index contributed by atoms with van der Waals surface area (Å²) in [6, 6.07) is 29.1. The summed E-state index contributed by atoms with van der Waals surface area (Å²) in [6.45, 7) is 2.52. The Hall–Kier alpha value is -2.78. The quantitative estimate of drug-likeness (QED) is 0.255. The Balaban J connectivity index is 0.00000481. The zero-order chi connectivity index (χ0) is 25.6. The molecule has 0 fully saturated rings. The van der Waals surface area contributed by atoms with E-state index in [1.54, 1.807) is 6.92 Å². The van der Waals surface area contributed by atoms with Crippen LogP contribution in [-0.4, -0.2) is 53.7 Å². The maximum Gasteiger partial charge on any atom is 0.317 e. The van der Waals surface area contributed by atoms with Gasteiger partial charge in [0.25, 0.3) is 0 Å². The Morgan fingerprint density at radius 1 is 0.730 bits per heavy atom. The first kappa shape index (κ1) is 30.4. The molecule has 200 valence electrons. The first-order valence-corrected chi connectivity index (χ1v) is 12.1. The molecule has 4 unspecified atom stereocenters. The Morgan fingerprint density at radius 2 is 1.14 bits per heavy atom. The fourth-order valence-electron chi connectivity index (χ4n) is 3.82. The van der Waals surface area contributed by atoms with Crippen molar-refractivity contribution < 1.29 is 29.2 Å². The third kappa shape index (κ3) is 11.0. The molecule has 0 spiro atoms. The van der Waals surface area contributed by atoms with Crippen molar-refractivity contribution in [3.8, 4) is 0 Å². The number of rotatable bonds is 16. The maximum atomic E-state index is 11.1. The van der Waals surface area contributed by atoms with Gasteiger partial charge in [-0.05, 0) is 23.6 Å². The molecule has 37 heavy (non-hydrogen) atoms. The number of hydrogen-bond donors (Lipinski definition) is 3. The predicted octanol–water partition coefficient (Wildman–Crippen LogP) is 4.22. The number of carboxylic acid groups (broad SMARTS) is 1. The minimum absolute atomic E-state index is 0. The molecule has 0 bridgehead atoms. The molecule has 3 rings (SSSR count). The molecule has 0 heterocycles. The van der Waals surface area contributed by atoms with Crippen LogP contribution in [-0.2, 0) is 38.8 Å². The van der Waals surface area contributed by atoms with Gasteiger partial charge in [-0.25, -0.2) is 0 Å². The summed E-state index contributed by atoms with van der Waals surface area (Å²) >= 11 is 0. The average molecular weight is 530 g/mol. The summed E-state index contributed by atoms with van der Waals surface area (Å²) in [5, 5.41) is 22.8. The van der Waals surface area contributed by atoms with Crippen LogP contribution in [0.5, 0.6) is 0 Å². The van der Waals surface area contributed by atoms with E-state index in [0.29, 0.717) is 6.61 Å². The number of halogens is 1. The molecule has 8 heteroatoms. The van der Waals surface area contributed by atoms with Crippen LogP contribution in [0.1, 0.15) is 23.6 Å². The number of aliphatic hydroxyl groups is 1. The van der Waals surface area contributed by atoms with Gasteiger partial charge < -0.3 is 29.7 Å². The Kier molecular flexibility index (Phi) is 13.9. The summed E-state index contributed by atoms with van der Waals surface area (Å²) < 4.78 is 18.8. The second kappa shape index (κ2) is 16.9. The molecular weight excluding hydrogens is 494 g/mol. The van der Waals surface area contributed by atoms with Crippen molar-refractivity contribution in [2.45, 2.75) is 51.2 Å². The minimum Gasteiger partial charge on any atom is -0.480 e. The third-order valence-electron chi connectivity index (χ3n) is 5.66. The van der Waals surface area contributed by atoms with Gasteiger partial charge in [0.05, 0.1) is 38.6 Å². The van der Waals surface area contributed by atoms with Gasteiger partial charge in [0.2, 0.25) is 0 Å². The van der Waals surface area contributed by atoms with Crippen LogP contribution in [0.15, 0.2) is 91.0 Å². The van der Waals surface area contributed by atoms with E-state index in [9.17, 15) is 9.90 Å². The van der Waals surface area contributed by atoms with E-state index in [-0.39, 0.29) is 38.7 Å². The smallest absolute Gasteiger partial charge is 0.317 e. The molecule has 0 aromatic heterocycles. The number of nitrogens with one attached hydrogen (secondary N) is 1. The van der Waals surface area contributed by atoms with Gasteiger partial charge in [0.15, 0.2) is 0 Å². The zero-order valence-corrected chi connectivity index (χ0v) is 21.8. The highest BCUT2D eigenvalue weighted by molar-refractivity contribution is 5.85. The molecule has 0 radical (unpaired) electrons. The topological polar surface area (TPSA) is 97.2 Å². The van der Waals surface area contributed by atoms with Gasteiger partial charge in [-0.3, -0.25) is 4.79 Å². The number of ether oxygens (including phenoxy) is 3. The van der Waals surface area contributed by atoms with Crippen LogP contribution >= 0.6 is 12.4 Å². The average Bonchev–Trinajstić information content (AvgIpc) is 2.89. The summed E-state index contributed by atoms with van der Waals surface area (Å²) in [5.74, 6) is -0.967.